The Hall–Kier alpha value is -2.08. The maximum Gasteiger partial charge on any atom is 0.222 e. The summed E-state index contributed by atoms with van der Waals surface area (Å²) >= 11 is 0. The van der Waals surface area contributed by atoms with Crippen molar-refractivity contribution in [2.75, 3.05) is 13.6 Å². The van der Waals surface area contributed by atoms with Crippen LogP contribution in [0.15, 0.2) is 22.7 Å². The van der Waals surface area contributed by atoms with E-state index in [1.54, 1.807) is 4.90 Å². The number of furan rings is 1. The van der Waals surface area contributed by atoms with Gasteiger partial charge in [-0.1, -0.05) is 0 Å². The third-order valence-corrected chi connectivity index (χ3v) is 3.91. The Bertz CT molecular complexity index is 631. The molecule has 1 aliphatic rings. The van der Waals surface area contributed by atoms with E-state index in [0.717, 1.165) is 35.7 Å². The summed E-state index contributed by atoms with van der Waals surface area (Å²) in [7, 11) is 1.85. The maximum atomic E-state index is 11.5. The van der Waals surface area contributed by atoms with Gasteiger partial charge >= 0.3 is 0 Å². The van der Waals surface area contributed by atoms with Gasteiger partial charge in [-0.2, -0.15) is 5.10 Å². The zero-order valence-electron chi connectivity index (χ0n) is 12.3. The molecule has 21 heavy (non-hydrogen) atoms. The first-order chi connectivity index (χ1) is 10.1. The fraction of sp³-hybridized carbons (Fsp3) is 0.467. The monoisotopic (exact) mass is 288 g/mol. The van der Waals surface area contributed by atoms with Gasteiger partial charge in [0.1, 0.15) is 11.5 Å². The number of amides is 1. The van der Waals surface area contributed by atoms with Crippen molar-refractivity contribution in [1.82, 2.24) is 20.4 Å². The predicted molar refractivity (Wildman–Crippen MR) is 78.5 cm³/mol. The molecule has 2 aromatic heterocycles. The molecule has 3 rings (SSSR count). The van der Waals surface area contributed by atoms with Gasteiger partial charge < -0.3 is 14.6 Å². The Kier molecular flexibility index (Phi) is 3.79. The summed E-state index contributed by atoms with van der Waals surface area (Å²) in [6.07, 6.45) is 3.32. The topological polar surface area (TPSA) is 74.2 Å². The molecule has 1 atom stereocenters. The lowest BCUT2D eigenvalue weighted by Gasteiger charge is -2.30. The van der Waals surface area contributed by atoms with Crippen LogP contribution in [-0.4, -0.2) is 40.6 Å². The van der Waals surface area contributed by atoms with E-state index in [2.05, 4.69) is 15.5 Å². The minimum atomic E-state index is 0.225. The third-order valence-electron chi connectivity index (χ3n) is 3.91. The molecular formula is C15H20N4O2. The molecule has 1 unspecified atom stereocenters. The summed E-state index contributed by atoms with van der Waals surface area (Å²) in [5.41, 5.74) is 1.99. The number of H-pyrrole nitrogens is 1. The van der Waals surface area contributed by atoms with Crippen molar-refractivity contribution in [3.63, 3.8) is 0 Å². The molecule has 2 N–H and O–H groups in total. The third kappa shape index (κ3) is 3.00. The summed E-state index contributed by atoms with van der Waals surface area (Å²) in [6.45, 7) is 3.39. The number of nitrogens with one attached hydrogen (secondary N) is 2. The standard InChI is InChI=1S/C15H20N4O2/c1-10-3-5-13(21-10)15-11(8-17-18-15)7-16-12-4-6-14(20)19(2)9-12/h3,5,8,12,16H,4,6-7,9H2,1-2H3,(H,17,18). The van der Waals surface area contributed by atoms with E-state index in [9.17, 15) is 4.79 Å². The molecule has 6 nitrogen and oxygen atoms in total. The number of likely N-dealkylation sites (tertiary alicyclic amines) is 1. The summed E-state index contributed by atoms with van der Waals surface area (Å²) < 4.78 is 5.64. The van der Waals surface area contributed by atoms with Crippen LogP contribution in [0, 0.1) is 6.92 Å². The maximum absolute atomic E-state index is 11.5. The molecule has 0 radical (unpaired) electrons. The van der Waals surface area contributed by atoms with Crippen molar-refractivity contribution >= 4 is 5.91 Å². The lowest BCUT2D eigenvalue weighted by molar-refractivity contribution is -0.132. The largest absolute Gasteiger partial charge is 0.460 e. The molecule has 6 heteroatoms. The number of carbonyl (C=O) groups excluding carboxylic acids is 1. The lowest BCUT2D eigenvalue weighted by Crippen LogP contribution is -2.46. The van der Waals surface area contributed by atoms with Crippen LogP contribution in [0.1, 0.15) is 24.2 Å². The second-order valence-corrected chi connectivity index (χ2v) is 5.57. The van der Waals surface area contributed by atoms with Crippen LogP contribution in [0.5, 0.6) is 0 Å². The first-order valence-electron chi connectivity index (χ1n) is 7.20. The molecule has 3 heterocycles. The Balaban J connectivity index is 1.64. The van der Waals surface area contributed by atoms with E-state index in [1.165, 1.54) is 0 Å². The second kappa shape index (κ2) is 5.73. The fourth-order valence-corrected chi connectivity index (χ4v) is 2.66. The zero-order valence-corrected chi connectivity index (χ0v) is 12.3. The SMILES string of the molecule is Cc1ccc(-c2[nH]ncc2CNC2CCC(=O)N(C)C2)o1. The minimum Gasteiger partial charge on any atom is -0.460 e. The highest BCUT2D eigenvalue weighted by Gasteiger charge is 2.22. The summed E-state index contributed by atoms with van der Waals surface area (Å²) in [6, 6.07) is 4.21. The first kappa shape index (κ1) is 13.9. The number of aromatic nitrogens is 2. The second-order valence-electron chi connectivity index (χ2n) is 5.57. The van der Waals surface area contributed by atoms with E-state index < -0.39 is 0 Å². The quantitative estimate of drug-likeness (QED) is 0.898. The van der Waals surface area contributed by atoms with Crippen molar-refractivity contribution in [1.29, 1.82) is 0 Å². The Labute approximate surface area is 123 Å². The van der Waals surface area contributed by atoms with Crippen molar-refractivity contribution in [2.45, 2.75) is 32.4 Å². The van der Waals surface area contributed by atoms with Crippen LogP contribution in [0.3, 0.4) is 0 Å². The Morgan fingerprint density at radius 2 is 2.38 bits per heavy atom. The van der Waals surface area contributed by atoms with Gasteiger partial charge in [0.05, 0.1) is 6.20 Å². The number of aryl methyl sites for hydroxylation is 1. The summed E-state index contributed by atoms with van der Waals surface area (Å²) in [5.74, 6) is 1.91. The zero-order chi connectivity index (χ0) is 14.8. The van der Waals surface area contributed by atoms with Crippen LogP contribution in [-0.2, 0) is 11.3 Å². The van der Waals surface area contributed by atoms with Gasteiger partial charge in [0.2, 0.25) is 5.91 Å². The van der Waals surface area contributed by atoms with E-state index in [-0.39, 0.29) is 5.91 Å². The van der Waals surface area contributed by atoms with E-state index in [1.807, 2.05) is 32.3 Å². The molecule has 0 bridgehead atoms. The fourth-order valence-electron chi connectivity index (χ4n) is 2.66. The predicted octanol–water partition coefficient (Wildman–Crippen LogP) is 1.69. The highest BCUT2D eigenvalue weighted by molar-refractivity contribution is 5.76. The molecule has 1 saturated heterocycles. The highest BCUT2D eigenvalue weighted by atomic mass is 16.3. The van der Waals surface area contributed by atoms with E-state index in [0.29, 0.717) is 19.0 Å². The number of rotatable bonds is 4. The van der Waals surface area contributed by atoms with Crippen molar-refractivity contribution in [2.24, 2.45) is 0 Å². The average molecular weight is 288 g/mol. The normalized spacial score (nSPS) is 19.2. The van der Waals surface area contributed by atoms with Crippen LogP contribution >= 0.6 is 0 Å². The van der Waals surface area contributed by atoms with Gasteiger partial charge in [0, 0.05) is 38.2 Å². The van der Waals surface area contributed by atoms with Gasteiger partial charge in [-0.25, -0.2) is 0 Å². The summed E-state index contributed by atoms with van der Waals surface area (Å²) in [5, 5.41) is 10.6. The Morgan fingerprint density at radius 3 is 3.10 bits per heavy atom. The van der Waals surface area contributed by atoms with Crippen LogP contribution < -0.4 is 5.32 Å². The van der Waals surface area contributed by atoms with Gasteiger partial charge in [-0.3, -0.25) is 9.89 Å². The molecular weight excluding hydrogens is 268 g/mol. The molecule has 0 aliphatic carbocycles. The van der Waals surface area contributed by atoms with Crippen LogP contribution in [0.4, 0.5) is 0 Å². The average Bonchev–Trinajstić information content (AvgIpc) is 3.08. The molecule has 2 aromatic rings. The highest BCUT2D eigenvalue weighted by Crippen LogP contribution is 2.23. The molecule has 112 valence electrons. The summed E-state index contributed by atoms with van der Waals surface area (Å²) in [4.78, 5) is 13.3. The number of hydrogen-bond acceptors (Lipinski definition) is 4. The molecule has 0 saturated carbocycles. The van der Waals surface area contributed by atoms with Gasteiger partial charge in [0.25, 0.3) is 0 Å². The molecule has 1 aliphatic heterocycles. The minimum absolute atomic E-state index is 0.225. The van der Waals surface area contributed by atoms with Crippen molar-refractivity contribution in [3.05, 3.63) is 29.7 Å². The Morgan fingerprint density at radius 1 is 1.52 bits per heavy atom. The number of piperidine rings is 1. The number of aromatic amines is 1. The van der Waals surface area contributed by atoms with Gasteiger partial charge in [-0.15, -0.1) is 0 Å². The van der Waals surface area contributed by atoms with Crippen LogP contribution in [0.2, 0.25) is 0 Å². The van der Waals surface area contributed by atoms with Crippen LogP contribution in [0.25, 0.3) is 11.5 Å². The van der Waals surface area contributed by atoms with E-state index >= 15 is 0 Å². The first-order valence-corrected chi connectivity index (χ1v) is 7.20. The lowest BCUT2D eigenvalue weighted by atomic mass is 10.1. The molecule has 0 aromatic carbocycles. The van der Waals surface area contributed by atoms with Gasteiger partial charge in [0.15, 0.2) is 5.76 Å². The smallest absolute Gasteiger partial charge is 0.222 e. The number of carbonyl (C=O) groups is 1. The van der Waals surface area contributed by atoms with E-state index in [4.69, 9.17) is 4.42 Å². The van der Waals surface area contributed by atoms with Gasteiger partial charge in [-0.05, 0) is 25.5 Å². The number of nitrogens with zero attached hydrogens (tertiary/aromatic N) is 2. The molecule has 1 fully saturated rings. The number of hydrogen-bond donors (Lipinski definition) is 2. The molecule has 1 amide bonds. The van der Waals surface area contributed by atoms with Crippen molar-refractivity contribution in [3.8, 4) is 11.5 Å². The number of likely N-dealkylation sites (N-methyl/N-ethyl adjacent to an activating group) is 1. The molecule has 0 spiro atoms. The van der Waals surface area contributed by atoms with Crippen molar-refractivity contribution < 1.29 is 9.21 Å².